The van der Waals surface area contributed by atoms with Gasteiger partial charge >= 0.3 is 0 Å². The number of rotatable bonds is 7. The number of amides is 1. The van der Waals surface area contributed by atoms with Crippen LogP contribution in [0.15, 0.2) is 34.7 Å². The first-order valence-corrected chi connectivity index (χ1v) is 13.7. The van der Waals surface area contributed by atoms with Crippen LogP contribution in [-0.2, 0) is 21.2 Å². The lowest BCUT2D eigenvalue weighted by Gasteiger charge is -2.30. The van der Waals surface area contributed by atoms with Gasteiger partial charge in [0.15, 0.2) is 21.8 Å². The summed E-state index contributed by atoms with van der Waals surface area (Å²) in [5.74, 6) is 1.78. The molecule has 2 atom stereocenters. The molecule has 0 spiro atoms. The Hall–Kier alpha value is -2.19. The topological polar surface area (TPSA) is 80.1 Å². The van der Waals surface area contributed by atoms with E-state index < -0.39 is 22.0 Å². The molecule has 2 saturated heterocycles. The fourth-order valence-corrected chi connectivity index (χ4v) is 6.34. The standard InChI is InChI=1S/C24H31ClN2O5S/c1-17-14-20(6-8-22(17)25)31-18(2)24(28)27(19-10-13-33(29,30)16-19)15-21-7-9-23(32-21)26-11-4-3-5-12-26/h6-9,14,18-19H,3-5,10-13,15-16H2,1-2H3. The number of benzene rings is 1. The van der Waals surface area contributed by atoms with Gasteiger partial charge in [-0.1, -0.05) is 11.6 Å². The number of furan rings is 1. The van der Waals surface area contributed by atoms with Gasteiger partial charge in [-0.25, -0.2) is 8.42 Å². The number of nitrogens with zero attached hydrogens (tertiary/aromatic N) is 2. The molecule has 33 heavy (non-hydrogen) atoms. The molecule has 7 nitrogen and oxygen atoms in total. The minimum atomic E-state index is -3.16. The van der Waals surface area contributed by atoms with E-state index in [1.807, 2.05) is 19.1 Å². The molecule has 9 heteroatoms. The quantitative estimate of drug-likeness (QED) is 0.573. The molecular weight excluding hydrogens is 464 g/mol. The van der Waals surface area contributed by atoms with Crippen LogP contribution in [0, 0.1) is 6.92 Å². The molecule has 3 heterocycles. The number of sulfone groups is 1. The summed E-state index contributed by atoms with van der Waals surface area (Å²) >= 11 is 6.09. The van der Waals surface area contributed by atoms with E-state index in [4.69, 9.17) is 20.8 Å². The molecule has 2 aliphatic heterocycles. The van der Waals surface area contributed by atoms with Crippen LogP contribution in [0.3, 0.4) is 0 Å². The van der Waals surface area contributed by atoms with E-state index in [9.17, 15) is 13.2 Å². The second-order valence-electron chi connectivity index (χ2n) is 8.98. The monoisotopic (exact) mass is 494 g/mol. The summed E-state index contributed by atoms with van der Waals surface area (Å²) in [4.78, 5) is 17.3. The first-order valence-electron chi connectivity index (χ1n) is 11.5. The van der Waals surface area contributed by atoms with Crippen LogP contribution in [0.5, 0.6) is 5.75 Å². The van der Waals surface area contributed by atoms with Crippen molar-refractivity contribution in [3.05, 3.63) is 46.7 Å². The minimum Gasteiger partial charge on any atom is -0.481 e. The van der Waals surface area contributed by atoms with Gasteiger partial charge in [0.05, 0.1) is 18.1 Å². The number of ether oxygens (including phenoxy) is 1. The fraction of sp³-hybridized carbons (Fsp3) is 0.542. The first-order chi connectivity index (χ1) is 15.7. The van der Waals surface area contributed by atoms with Gasteiger partial charge in [-0.3, -0.25) is 4.79 Å². The van der Waals surface area contributed by atoms with Gasteiger partial charge in [-0.05, 0) is 69.4 Å². The Morgan fingerprint density at radius 3 is 2.67 bits per heavy atom. The van der Waals surface area contributed by atoms with Crippen molar-refractivity contribution in [3.8, 4) is 5.75 Å². The zero-order valence-corrected chi connectivity index (χ0v) is 20.7. The van der Waals surface area contributed by atoms with Gasteiger partial charge < -0.3 is 19.0 Å². The predicted molar refractivity (Wildman–Crippen MR) is 129 cm³/mol. The average Bonchev–Trinajstić information content (AvgIpc) is 3.40. The van der Waals surface area contributed by atoms with E-state index in [0.717, 1.165) is 37.4 Å². The molecule has 2 fully saturated rings. The third-order valence-electron chi connectivity index (χ3n) is 6.36. The summed E-state index contributed by atoms with van der Waals surface area (Å²) in [5.41, 5.74) is 0.855. The lowest BCUT2D eigenvalue weighted by Crippen LogP contribution is -2.46. The van der Waals surface area contributed by atoms with Gasteiger partial charge in [0.2, 0.25) is 0 Å². The maximum absolute atomic E-state index is 13.4. The number of aryl methyl sites for hydroxylation is 1. The molecule has 4 rings (SSSR count). The molecule has 0 radical (unpaired) electrons. The Morgan fingerprint density at radius 1 is 1.24 bits per heavy atom. The summed E-state index contributed by atoms with van der Waals surface area (Å²) < 4.78 is 36.3. The Bertz CT molecular complexity index is 1090. The smallest absolute Gasteiger partial charge is 0.264 e. The molecule has 2 unspecified atom stereocenters. The van der Waals surface area contributed by atoms with Gasteiger partial charge in [0.1, 0.15) is 11.5 Å². The molecule has 0 aliphatic carbocycles. The fourth-order valence-electron chi connectivity index (χ4n) is 4.49. The van der Waals surface area contributed by atoms with E-state index in [1.54, 1.807) is 30.0 Å². The van der Waals surface area contributed by atoms with Crippen LogP contribution in [-0.4, -0.2) is 56.0 Å². The second kappa shape index (κ2) is 9.97. The van der Waals surface area contributed by atoms with Gasteiger partial charge in [0, 0.05) is 30.2 Å². The van der Waals surface area contributed by atoms with Crippen LogP contribution < -0.4 is 9.64 Å². The number of carbonyl (C=O) groups is 1. The second-order valence-corrected chi connectivity index (χ2v) is 11.6. The molecule has 0 bridgehead atoms. The van der Waals surface area contributed by atoms with Crippen molar-refractivity contribution >= 4 is 33.2 Å². The third-order valence-corrected chi connectivity index (χ3v) is 8.54. The number of piperidine rings is 1. The molecule has 180 valence electrons. The highest BCUT2D eigenvalue weighted by atomic mass is 35.5. The number of halogens is 1. The number of hydrogen-bond acceptors (Lipinski definition) is 6. The third kappa shape index (κ3) is 5.84. The van der Waals surface area contributed by atoms with Gasteiger partial charge in [-0.2, -0.15) is 0 Å². The highest BCUT2D eigenvalue weighted by molar-refractivity contribution is 7.91. The largest absolute Gasteiger partial charge is 0.481 e. The van der Waals surface area contributed by atoms with E-state index in [1.165, 1.54) is 6.42 Å². The maximum Gasteiger partial charge on any atom is 0.264 e. The van der Waals surface area contributed by atoms with Crippen molar-refractivity contribution < 1.29 is 22.4 Å². The summed E-state index contributed by atoms with van der Waals surface area (Å²) in [6.45, 7) is 5.68. The SMILES string of the molecule is Cc1cc(OC(C)C(=O)N(Cc2ccc(N3CCCCC3)o2)C2CCS(=O)(=O)C2)ccc1Cl. The summed E-state index contributed by atoms with van der Waals surface area (Å²) in [5, 5.41) is 0.626. The van der Waals surface area contributed by atoms with Gasteiger partial charge in [-0.15, -0.1) is 0 Å². The average molecular weight is 495 g/mol. The van der Waals surface area contributed by atoms with E-state index in [-0.39, 0.29) is 24.0 Å². The highest BCUT2D eigenvalue weighted by Gasteiger charge is 2.37. The van der Waals surface area contributed by atoms with Crippen LogP contribution in [0.25, 0.3) is 0 Å². The Kier molecular flexibility index (Phi) is 7.24. The lowest BCUT2D eigenvalue weighted by molar-refractivity contribution is -0.140. The summed E-state index contributed by atoms with van der Waals surface area (Å²) in [6, 6.07) is 8.65. The normalized spacial score (nSPS) is 21.1. The van der Waals surface area contributed by atoms with Crippen molar-refractivity contribution in [2.45, 2.75) is 58.2 Å². The Balaban J connectivity index is 1.51. The zero-order valence-electron chi connectivity index (χ0n) is 19.1. The van der Waals surface area contributed by atoms with Crippen molar-refractivity contribution in [1.29, 1.82) is 0 Å². The molecule has 2 aromatic rings. The van der Waals surface area contributed by atoms with Crippen molar-refractivity contribution in [2.75, 3.05) is 29.5 Å². The van der Waals surface area contributed by atoms with Crippen molar-refractivity contribution in [1.82, 2.24) is 4.90 Å². The number of hydrogen-bond donors (Lipinski definition) is 0. The summed E-state index contributed by atoms with van der Waals surface area (Å²) in [6.07, 6.45) is 3.14. The van der Waals surface area contributed by atoms with Crippen LogP contribution in [0.2, 0.25) is 5.02 Å². The lowest BCUT2D eigenvalue weighted by atomic mass is 10.1. The molecule has 1 aromatic heterocycles. The van der Waals surface area contributed by atoms with E-state index >= 15 is 0 Å². The maximum atomic E-state index is 13.4. The van der Waals surface area contributed by atoms with Crippen molar-refractivity contribution in [3.63, 3.8) is 0 Å². The number of carbonyl (C=O) groups excluding carboxylic acids is 1. The Morgan fingerprint density at radius 2 is 2.00 bits per heavy atom. The van der Waals surface area contributed by atoms with Gasteiger partial charge in [0.25, 0.3) is 5.91 Å². The van der Waals surface area contributed by atoms with E-state index in [0.29, 0.717) is 23.0 Å². The predicted octanol–water partition coefficient (Wildman–Crippen LogP) is 4.21. The van der Waals surface area contributed by atoms with Crippen molar-refractivity contribution in [2.24, 2.45) is 0 Å². The minimum absolute atomic E-state index is 0.0365. The molecule has 0 N–H and O–H groups in total. The molecular formula is C24H31ClN2O5S. The zero-order chi connectivity index (χ0) is 23.6. The number of anilines is 1. The Labute approximate surface area is 200 Å². The molecule has 1 aromatic carbocycles. The highest BCUT2D eigenvalue weighted by Crippen LogP contribution is 2.27. The summed E-state index contributed by atoms with van der Waals surface area (Å²) in [7, 11) is -3.16. The molecule has 2 aliphatic rings. The molecule has 1 amide bonds. The van der Waals surface area contributed by atoms with Crippen LogP contribution in [0.4, 0.5) is 5.88 Å². The first kappa shape index (κ1) is 24.0. The molecule has 0 saturated carbocycles. The van der Waals surface area contributed by atoms with E-state index in [2.05, 4.69) is 4.90 Å². The van der Waals surface area contributed by atoms with Crippen LogP contribution in [0.1, 0.15) is 43.9 Å². The van der Waals surface area contributed by atoms with Crippen LogP contribution >= 0.6 is 11.6 Å².